The third-order valence-corrected chi connectivity index (χ3v) is 4.14. The summed E-state index contributed by atoms with van der Waals surface area (Å²) in [5, 5.41) is 4.75. The van der Waals surface area contributed by atoms with Gasteiger partial charge in [-0.2, -0.15) is 0 Å². The molecule has 2 aromatic rings. The van der Waals surface area contributed by atoms with Crippen LogP contribution >= 0.6 is 11.3 Å². The molecule has 1 aromatic heterocycles. The smallest absolute Gasteiger partial charge is 0.244 e. The zero-order valence-electron chi connectivity index (χ0n) is 11.9. The summed E-state index contributed by atoms with van der Waals surface area (Å²) >= 11 is 1.59. The summed E-state index contributed by atoms with van der Waals surface area (Å²) in [7, 11) is -3.28. The van der Waals surface area contributed by atoms with Gasteiger partial charge in [0.2, 0.25) is 15.9 Å². The first kappa shape index (κ1) is 16.3. The maximum absolute atomic E-state index is 11.7. The average molecular weight is 336 g/mol. The van der Waals surface area contributed by atoms with Gasteiger partial charge in [0.15, 0.2) is 0 Å². The number of amides is 1. The van der Waals surface area contributed by atoms with Crippen molar-refractivity contribution in [1.29, 1.82) is 0 Å². The van der Waals surface area contributed by atoms with Crippen molar-refractivity contribution in [2.45, 2.75) is 6.54 Å². The molecule has 1 aromatic carbocycles. The van der Waals surface area contributed by atoms with Crippen molar-refractivity contribution >= 4 is 39.0 Å². The van der Waals surface area contributed by atoms with E-state index in [2.05, 4.69) is 10.0 Å². The summed E-state index contributed by atoms with van der Waals surface area (Å²) in [4.78, 5) is 12.8. The highest BCUT2D eigenvalue weighted by atomic mass is 32.2. The Hall–Kier alpha value is -2.12. The molecule has 0 fully saturated rings. The Morgan fingerprint density at radius 2 is 1.95 bits per heavy atom. The minimum absolute atomic E-state index is 0.174. The minimum Gasteiger partial charge on any atom is -0.348 e. The number of hydrogen-bond donors (Lipinski definition) is 2. The summed E-state index contributed by atoms with van der Waals surface area (Å²) in [6, 6.07) is 10.7. The first-order chi connectivity index (χ1) is 10.4. The second-order valence-electron chi connectivity index (χ2n) is 4.63. The van der Waals surface area contributed by atoms with E-state index in [-0.39, 0.29) is 5.91 Å². The van der Waals surface area contributed by atoms with Gasteiger partial charge in [-0.05, 0) is 35.2 Å². The van der Waals surface area contributed by atoms with Crippen molar-refractivity contribution in [3.05, 3.63) is 58.3 Å². The van der Waals surface area contributed by atoms with E-state index in [1.165, 1.54) is 6.08 Å². The molecule has 2 rings (SSSR count). The molecule has 5 nitrogen and oxygen atoms in total. The van der Waals surface area contributed by atoms with Gasteiger partial charge in [0.25, 0.3) is 0 Å². The average Bonchev–Trinajstić information content (AvgIpc) is 2.96. The molecule has 22 heavy (non-hydrogen) atoms. The van der Waals surface area contributed by atoms with E-state index < -0.39 is 10.0 Å². The van der Waals surface area contributed by atoms with Crippen molar-refractivity contribution in [3.8, 4) is 0 Å². The molecule has 0 atom stereocenters. The molecule has 0 saturated carbocycles. The highest BCUT2D eigenvalue weighted by Gasteiger charge is 2.01. The van der Waals surface area contributed by atoms with Crippen LogP contribution in [0, 0.1) is 0 Å². The van der Waals surface area contributed by atoms with Crippen LogP contribution in [0.4, 0.5) is 5.69 Å². The van der Waals surface area contributed by atoms with Gasteiger partial charge in [-0.15, -0.1) is 11.3 Å². The molecule has 1 amide bonds. The maximum atomic E-state index is 11.7. The lowest BCUT2D eigenvalue weighted by Gasteiger charge is -2.03. The van der Waals surface area contributed by atoms with Gasteiger partial charge < -0.3 is 5.32 Å². The SMILES string of the molecule is CS(=O)(=O)Nc1ccc(/C=C/C(=O)NCc2cccs2)cc1. The standard InChI is InChI=1S/C15H16N2O3S2/c1-22(19,20)17-13-7-4-12(5-8-13)6-9-15(18)16-11-14-3-2-10-21-14/h2-10,17H,11H2,1H3,(H,16,18)/b9-6+. The van der Waals surface area contributed by atoms with E-state index >= 15 is 0 Å². The molecule has 0 aliphatic heterocycles. The first-order valence-corrected chi connectivity index (χ1v) is 9.26. The Morgan fingerprint density at radius 3 is 2.55 bits per heavy atom. The third-order valence-electron chi connectivity index (χ3n) is 2.66. The van der Waals surface area contributed by atoms with Crippen LogP contribution in [-0.4, -0.2) is 20.6 Å². The Labute approximate surface area is 133 Å². The zero-order valence-corrected chi connectivity index (χ0v) is 13.6. The Morgan fingerprint density at radius 1 is 1.23 bits per heavy atom. The maximum Gasteiger partial charge on any atom is 0.244 e. The van der Waals surface area contributed by atoms with Crippen LogP contribution in [0.3, 0.4) is 0 Å². The number of nitrogens with one attached hydrogen (secondary N) is 2. The van der Waals surface area contributed by atoms with Gasteiger partial charge in [-0.3, -0.25) is 9.52 Å². The van der Waals surface area contributed by atoms with Gasteiger partial charge in [0.05, 0.1) is 12.8 Å². The van der Waals surface area contributed by atoms with Crippen LogP contribution in [0.1, 0.15) is 10.4 Å². The molecule has 0 bridgehead atoms. The highest BCUT2D eigenvalue weighted by molar-refractivity contribution is 7.92. The third kappa shape index (κ3) is 5.71. The molecule has 0 radical (unpaired) electrons. The Kier molecular flexibility index (Phi) is 5.35. The van der Waals surface area contributed by atoms with E-state index in [9.17, 15) is 13.2 Å². The van der Waals surface area contributed by atoms with Crippen LogP contribution in [0.5, 0.6) is 0 Å². The largest absolute Gasteiger partial charge is 0.348 e. The fourth-order valence-electron chi connectivity index (χ4n) is 1.69. The summed E-state index contributed by atoms with van der Waals surface area (Å²) in [6.45, 7) is 0.512. The molecule has 7 heteroatoms. The topological polar surface area (TPSA) is 75.3 Å². The molecule has 0 aliphatic rings. The summed E-state index contributed by atoms with van der Waals surface area (Å²) in [5.41, 5.74) is 1.30. The lowest BCUT2D eigenvalue weighted by atomic mass is 10.2. The predicted octanol–water partition coefficient (Wildman–Crippen LogP) is 2.45. The molecule has 0 saturated heterocycles. The van der Waals surface area contributed by atoms with Crippen molar-refractivity contribution in [2.75, 3.05) is 11.0 Å². The number of carbonyl (C=O) groups excluding carboxylic acids is 1. The molecule has 116 valence electrons. The molecule has 0 aliphatic carbocycles. The lowest BCUT2D eigenvalue weighted by Crippen LogP contribution is -2.19. The lowest BCUT2D eigenvalue weighted by molar-refractivity contribution is -0.116. The summed E-state index contributed by atoms with van der Waals surface area (Å²) in [6.07, 6.45) is 4.22. The number of sulfonamides is 1. The number of hydrogen-bond acceptors (Lipinski definition) is 4. The fourth-order valence-corrected chi connectivity index (χ4v) is 2.90. The monoisotopic (exact) mass is 336 g/mol. The molecular weight excluding hydrogens is 320 g/mol. The van der Waals surface area contributed by atoms with E-state index in [4.69, 9.17) is 0 Å². The molecule has 1 heterocycles. The molecule has 2 N–H and O–H groups in total. The second kappa shape index (κ2) is 7.24. The molecule has 0 unspecified atom stereocenters. The zero-order chi connectivity index (χ0) is 16.0. The van der Waals surface area contributed by atoms with E-state index in [1.807, 2.05) is 17.5 Å². The predicted molar refractivity (Wildman–Crippen MR) is 90.1 cm³/mol. The van der Waals surface area contributed by atoms with Crippen molar-refractivity contribution in [1.82, 2.24) is 5.32 Å². The first-order valence-electron chi connectivity index (χ1n) is 6.48. The summed E-state index contributed by atoms with van der Waals surface area (Å²) in [5.74, 6) is -0.174. The van der Waals surface area contributed by atoms with Gasteiger partial charge in [-0.1, -0.05) is 18.2 Å². The number of rotatable bonds is 6. The number of thiophene rings is 1. The fraction of sp³-hybridized carbons (Fsp3) is 0.133. The van der Waals surface area contributed by atoms with Crippen LogP contribution in [0.2, 0.25) is 0 Å². The quantitative estimate of drug-likeness (QED) is 0.796. The van der Waals surface area contributed by atoms with Gasteiger partial charge >= 0.3 is 0 Å². The van der Waals surface area contributed by atoms with Crippen LogP contribution < -0.4 is 10.0 Å². The molecule has 0 spiro atoms. The normalized spacial score (nSPS) is 11.5. The van der Waals surface area contributed by atoms with E-state index in [0.717, 1.165) is 16.7 Å². The van der Waals surface area contributed by atoms with Gasteiger partial charge in [0, 0.05) is 16.6 Å². The van der Waals surface area contributed by atoms with Crippen molar-refractivity contribution < 1.29 is 13.2 Å². The van der Waals surface area contributed by atoms with E-state index in [0.29, 0.717) is 12.2 Å². The van der Waals surface area contributed by atoms with E-state index in [1.54, 1.807) is 41.7 Å². The highest BCUT2D eigenvalue weighted by Crippen LogP contribution is 2.12. The Balaban J connectivity index is 1.88. The van der Waals surface area contributed by atoms with Crippen molar-refractivity contribution in [3.63, 3.8) is 0 Å². The second-order valence-corrected chi connectivity index (χ2v) is 7.41. The number of benzene rings is 1. The number of carbonyl (C=O) groups is 1. The number of anilines is 1. The Bertz CT molecular complexity index is 749. The minimum atomic E-state index is -3.28. The molecular formula is C15H16N2O3S2. The van der Waals surface area contributed by atoms with Gasteiger partial charge in [-0.25, -0.2) is 8.42 Å². The van der Waals surface area contributed by atoms with Crippen LogP contribution in [0.15, 0.2) is 47.9 Å². The van der Waals surface area contributed by atoms with Crippen LogP contribution in [0.25, 0.3) is 6.08 Å². The van der Waals surface area contributed by atoms with Gasteiger partial charge in [0.1, 0.15) is 0 Å². The summed E-state index contributed by atoms with van der Waals surface area (Å²) < 4.78 is 24.6. The van der Waals surface area contributed by atoms with Crippen molar-refractivity contribution in [2.24, 2.45) is 0 Å². The van der Waals surface area contributed by atoms with Crippen LogP contribution in [-0.2, 0) is 21.4 Å².